The summed E-state index contributed by atoms with van der Waals surface area (Å²) >= 11 is 0. The van der Waals surface area contributed by atoms with E-state index < -0.39 is 0 Å². The van der Waals surface area contributed by atoms with E-state index in [1.165, 1.54) is 12.5 Å². The number of anilines is 1. The van der Waals surface area contributed by atoms with Crippen LogP contribution in [0.5, 0.6) is 0 Å². The van der Waals surface area contributed by atoms with Crippen LogP contribution in [0.3, 0.4) is 0 Å². The number of hydrogen-bond acceptors (Lipinski definition) is 3. The van der Waals surface area contributed by atoms with Crippen molar-refractivity contribution in [2.24, 2.45) is 5.92 Å². The molecule has 5 heteroatoms. The van der Waals surface area contributed by atoms with Crippen molar-refractivity contribution >= 4 is 11.6 Å². The normalized spacial score (nSPS) is 19.5. The van der Waals surface area contributed by atoms with E-state index in [0.717, 1.165) is 25.7 Å². The summed E-state index contributed by atoms with van der Waals surface area (Å²) < 4.78 is 14.1. The standard InChI is InChI=1S/C18H22FN3O/c19-16-12-14(13-20)6-7-17(16)21-8-10-22(11-9-21)18(23)15-4-2-1-3-5-15/h6-7,12,15H,1-5,8-11H2. The SMILES string of the molecule is N#Cc1ccc(N2CCN(C(=O)C3CCCCC3)CC2)c(F)c1. The second-order valence-electron chi connectivity index (χ2n) is 6.43. The topological polar surface area (TPSA) is 47.3 Å². The summed E-state index contributed by atoms with van der Waals surface area (Å²) in [4.78, 5) is 16.4. The quantitative estimate of drug-likeness (QED) is 0.843. The lowest BCUT2D eigenvalue weighted by Gasteiger charge is -2.38. The molecule has 0 radical (unpaired) electrons. The molecule has 3 rings (SSSR count). The van der Waals surface area contributed by atoms with Crippen molar-refractivity contribution in [2.75, 3.05) is 31.1 Å². The molecule has 1 aliphatic heterocycles. The fourth-order valence-electron chi connectivity index (χ4n) is 3.61. The lowest BCUT2D eigenvalue weighted by molar-refractivity contribution is -0.136. The summed E-state index contributed by atoms with van der Waals surface area (Å²) in [6.45, 7) is 2.58. The molecule has 1 aromatic rings. The van der Waals surface area contributed by atoms with Gasteiger partial charge >= 0.3 is 0 Å². The molecule has 23 heavy (non-hydrogen) atoms. The Bertz CT molecular complexity index is 611. The van der Waals surface area contributed by atoms with Gasteiger partial charge in [-0.2, -0.15) is 5.26 Å². The van der Waals surface area contributed by atoms with Gasteiger partial charge in [0.05, 0.1) is 17.3 Å². The molecular formula is C18H22FN3O. The largest absolute Gasteiger partial charge is 0.366 e. The van der Waals surface area contributed by atoms with Crippen LogP contribution in [0.4, 0.5) is 10.1 Å². The fraction of sp³-hybridized carbons (Fsp3) is 0.556. The Morgan fingerprint density at radius 3 is 2.43 bits per heavy atom. The monoisotopic (exact) mass is 315 g/mol. The van der Waals surface area contributed by atoms with Crippen LogP contribution in [0.25, 0.3) is 0 Å². The highest BCUT2D eigenvalue weighted by atomic mass is 19.1. The first kappa shape index (κ1) is 15.8. The molecule has 122 valence electrons. The van der Waals surface area contributed by atoms with Gasteiger partial charge in [0.15, 0.2) is 0 Å². The summed E-state index contributed by atoms with van der Waals surface area (Å²) in [7, 11) is 0. The number of carbonyl (C=O) groups is 1. The Morgan fingerprint density at radius 2 is 1.83 bits per heavy atom. The number of benzene rings is 1. The lowest BCUT2D eigenvalue weighted by atomic mass is 9.88. The summed E-state index contributed by atoms with van der Waals surface area (Å²) in [5, 5.41) is 8.81. The average molecular weight is 315 g/mol. The van der Waals surface area contributed by atoms with E-state index in [9.17, 15) is 9.18 Å². The molecule has 4 nitrogen and oxygen atoms in total. The predicted molar refractivity (Wildman–Crippen MR) is 86.5 cm³/mol. The maximum Gasteiger partial charge on any atom is 0.225 e. The average Bonchev–Trinajstić information content (AvgIpc) is 2.62. The van der Waals surface area contributed by atoms with Gasteiger partial charge in [0.2, 0.25) is 5.91 Å². The first-order chi connectivity index (χ1) is 11.2. The Morgan fingerprint density at radius 1 is 1.13 bits per heavy atom. The zero-order valence-corrected chi connectivity index (χ0v) is 13.3. The minimum atomic E-state index is -0.365. The van der Waals surface area contributed by atoms with E-state index in [4.69, 9.17) is 5.26 Å². The van der Waals surface area contributed by atoms with Gasteiger partial charge in [-0.15, -0.1) is 0 Å². The van der Waals surface area contributed by atoms with E-state index in [-0.39, 0.29) is 17.6 Å². The van der Waals surface area contributed by atoms with E-state index >= 15 is 0 Å². The summed E-state index contributed by atoms with van der Waals surface area (Å²) in [6.07, 6.45) is 5.60. The van der Waals surface area contributed by atoms with Gasteiger partial charge in [0.1, 0.15) is 5.82 Å². The maximum absolute atomic E-state index is 14.1. The van der Waals surface area contributed by atoms with Crippen LogP contribution in [0.2, 0.25) is 0 Å². The number of halogens is 1. The van der Waals surface area contributed by atoms with Crippen molar-refractivity contribution in [2.45, 2.75) is 32.1 Å². The van der Waals surface area contributed by atoms with Gasteiger partial charge in [-0.1, -0.05) is 19.3 Å². The first-order valence-electron chi connectivity index (χ1n) is 8.42. The zero-order chi connectivity index (χ0) is 16.2. The molecule has 1 saturated heterocycles. The number of piperazine rings is 1. The van der Waals surface area contributed by atoms with Gasteiger partial charge in [-0.3, -0.25) is 4.79 Å². The van der Waals surface area contributed by atoms with E-state index in [1.807, 2.05) is 15.9 Å². The molecule has 2 fully saturated rings. The minimum Gasteiger partial charge on any atom is -0.366 e. The highest BCUT2D eigenvalue weighted by Crippen LogP contribution is 2.27. The van der Waals surface area contributed by atoms with Crippen molar-refractivity contribution in [1.29, 1.82) is 5.26 Å². The molecule has 1 saturated carbocycles. The van der Waals surface area contributed by atoms with Gasteiger partial charge in [-0.25, -0.2) is 4.39 Å². The van der Waals surface area contributed by atoms with Crippen LogP contribution in [0.1, 0.15) is 37.7 Å². The Kier molecular flexibility index (Phi) is 4.80. The Labute approximate surface area is 136 Å². The Hall–Kier alpha value is -2.09. The van der Waals surface area contributed by atoms with Crippen molar-refractivity contribution < 1.29 is 9.18 Å². The first-order valence-corrected chi connectivity index (χ1v) is 8.42. The summed E-state index contributed by atoms with van der Waals surface area (Å²) in [5.41, 5.74) is 0.853. The molecule has 1 aliphatic carbocycles. The van der Waals surface area contributed by atoms with E-state index in [1.54, 1.807) is 12.1 Å². The second-order valence-corrected chi connectivity index (χ2v) is 6.43. The van der Waals surface area contributed by atoms with Gasteiger partial charge in [0, 0.05) is 32.1 Å². The molecule has 1 amide bonds. The molecule has 0 N–H and O–H groups in total. The third kappa shape index (κ3) is 3.47. The third-order valence-corrected chi connectivity index (χ3v) is 4.96. The van der Waals surface area contributed by atoms with Crippen LogP contribution >= 0.6 is 0 Å². The van der Waals surface area contributed by atoms with Crippen LogP contribution in [0.15, 0.2) is 18.2 Å². The number of nitrogens with zero attached hydrogens (tertiary/aromatic N) is 3. The zero-order valence-electron chi connectivity index (χ0n) is 13.3. The van der Waals surface area contributed by atoms with Crippen LogP contribution < -0.4 is 4.90 Å². The van der Waals surface area contributed by atoms with Crippen LogP contribution in [0, 0.1) is 23.1 Å². The molecule has 2 aliphatic rings. The maximum atomic E-state index is 14.1. The van der Waals surface area contributed by atoms with Crippen LogP contribution in [-0.2, 0) is 4.79 Å². The minimum absolute atomic E-state index is 0.196. The fourth-order valence-corrected chi connectivity index (χ4v) is 3.61. The second kappa shape index (κ2) is 6.99. The molecule has 1 heterocycles. The summed E-state index contributed by atoms with van der Waals surface area (Å²) in [6, 6.07) is 6.51. The van der Waals surface area contributed by atoms with Gasteiger partial charge in [0.25, 0.3) is 0 Å². The number of amides is 1. The van der Waals surface area contributed by atoms with E-state index in [2.05, 4.69) is 0 Å². The van der Waals surface area contributed by atoms with Crippen molar-refractivity contribution in [3.05, 3.63) is 29.6 Å². The molecule has 0 atom stereocenters. The van der Waals surface area contributed by atoms with Gasteiger partial charge in [-0.05, 0) is 31.0 Å². The smallest absolute Gasteiger partial charge is 0.225 e. The van der Waals surface area contributed by atoms with Crippen molar-refractivity contribution in [3.63, 3.8) is 0 Å². The highest BCUT2D eigenvalue weighted by molar-refractivity contribution is 5.79. The highest BCUT2D eigenvalue weighted by Gasteiger charge is 2.29. The molecule has 0 aromatic heterocycles. The van der Waals surface area contributed by atoms with Crippen molar-refractivity contribution in [1.82, 2.24) is 4.90 Å². The Balaban J connectivity index is 1.60. The molecule has 0 spiro atoms. The van der Waals surface area contributed by atoms with Gasteiger partial charge < -0.3 is 9.80 Å². The molecule has 1 aromatic carbocycles. The number of rotatable bonds is 2. The lowest BCUT2D eigenvalue weighted by Crippen LogP contribution is -2.50. The molecule has 0 bridgehead atoms. The van der Waals surface area contributed by atoms with Crippen LogP contribution in [-0.4, -0.2) is 37.0 Å². The third-order valence-electron chi connectivity index (χ3n) is 4.96. The molecule has 0 unspecified atom stereocenters. The number of hydrogen-bond donors (Lipinski definition) is 0. The molecular weight excluding hydrogens is 293 g/mol. The number of carbonyl (C=O) groups excluding carboxylic acids is 1. The summed E-state index contributed by atoms with van der Waals surface area (Å²) in [5.74, 6) is 0.114. The van der Waals surface area contributed by atoms with E-state index in [0.29, 0.717) is 37.4 Å². The number of nitriles is 1. The predicted octanol–water partition coefficient (Wildman–Crippen LogP) is 2.93. The van der Waals surface area contributed by atoms with Crippen molar-refractivity contribution in [3.8, 4) is 6.07 Å².